The number of nitrogens with zero attached hydrogens (tertiary/aromatic N) is 8. The van der Waals surface area contributed by atoms with Gasteiger partial charge in [-0.15, -0.1) is 16.4 Å². The summed E-state index contributed by atoms with van der Waals surface area (Å²) in [5.41, 5.74) is 21.4. The zero-order valence-corrected chi connectivity index (χ0v) is 29.1. The second-order valence-corrected chi connectivity index (χ2v) is 14.7. The molecule has 5 heterocycles. The molecular weight excluding hydrogens is 655 g/mol. The van der Waals surface area contributed by atoms with Crippen LogP contribution in [0.4, 0.5) is 10.8 Å². The zero-order chi connectivity index (χ0) is 34.8. The number of likely N-dealkylation sites (tertiary alicyclic amines) is 1. The molecule has 15 heteroatoms. The molecule has 7 rings (SSSR count). The lowest BCUT2D eigenvalue weighted by Crippen LogP contribution is -2.43. The molecule has 6 N–H and O–H groups in total. The van der Waals surface area contributed by atoms with Gasteiger partial charge in [0, 0.05) is 42.0 Å². The van der Waals surface area contributed by atoms with Crippen molar-refractivity contribution in [2.24, 2.45) is 16.5 Å². The first-order valence-corrected chi connectivity index (χ1v) is 18.2. The third-order valence-corrected chi connectivity index (χ3v) is 11.6. The monoisotopic (exact) mass is 697 g/mol. The number of ketones is 1. The third kappa shape index (κ3) is 6.50. The summed E-state index contributed by atoms with van der Waals surface area (Å²) in [7, 11) is 2.09. The van der Waals surface area contributed by atoms with Crippen LogP contribution in [0.1, 0.15) is 91.4 Å². The summed E-state index contributed by atoms with van der Waals surface area (Å²) in [6.45, 7) is 2.86. The molecule has 3 aromatic rings. The van der Waals surface area contributed by atoms with E-state index in [0.29, 0.717) is 78.3 Å². The second kappa shape index (κ2) is 14.3. The van der Waals surface area contributed by atoms with Crippen molar-refractivity contribution in [1.82, 2.24) is 29.9 Å². The minimum Gasteiger partial charge on any atom is -0.476 e. The molecule has 2 saturated heterocycles. The van der Waals surface area contributed by atoms with Gasteiger partial charge in [-0.2, -0.15) is 10.2 Å². The fraction of sp³-hybridized carbons (Fsp3) is 0.514. The first-order valence-electron chi connectivity index (χ1n) is 17.3. The lowest BCUT2D eigenvalue weighted by atomic mass is 9.61. The van der Waals surface area contributed by atoms with Gasteiger partial charge in [-0.3, -0.25) is 4.79 Å². The number of anilines is 1. The number of aliphatic imine (C=N–C) groups is 1. The van der Waals surface area contributed by atoms with Crippen molar-refractivity contribution in [2.45, 2.75) is 81.7 Å². The molecule has 262 valence electrons. The number of rotatable bonds is 8. The number of hydrogen-bond donors (Lipinski definition) is 3. The third-order valence-electron chi connectivity index (χ3n) is 10.5. The van der Waals surface area contributed by atoms with Crippen LogP contribution in [0.15, 0.2) is 28.9 Å². The van der Waals surface area contributed by atoms with Gasteiger partial charge in [0.05, 0.1) is 34.6 Å². The summed E-state index contributed by atoms with van der Waals surface area (Å²) in [6.07, 6.45) is 13.1. The number of carbonyl (C=O) groups is 1. The Hall–Kier alpha value is -4.65. The summed E-state index contributed by atoms with van der Waals surface area (Å²) in [5.74, 6) is 0.720. The number of aryl methyl sites for hydroxylation is 1. The maximum atomic E-state index is 14.5. The van der Waals surface area contributed by atoms with Gasteiger partial charge in [-0.1, -0.05) is 5.21 Å². The van der Waals surface area contributed by atoms with Crippen molar-refractivity contribution in [2.75, 3.05) is 39.1 Å². The minimum atomic E-state index is -0.831. The molecule has 0 bridgehead atoms. The van der Waals surface area contributed by atoms with Gasteiger partial charge in [0.15, 0.2) is 17.4 Å². The molecule has 3 fully saturated rings. The fourth-order valence-electron chi connectivity index (χ4n) is 7.78. The maximum absolute atomic E-state index is 14.5. The van der Waals surface area contributed by atoms with E-state index in [1.165, 1.54) is 11.3 Å². The number of allylic oxidation sites excluding steroid dienone is 2. The minimum absolute atomic E-state index is 0.0754. The van der Waals surface area contributed by atoms with Gasteiger partial charge >= 0.3 is 0 Å². The van der Waals surface area contributed by atoms with Crippen LogP contribution in [0, 0.1) is 11.3 Å². The molecule has 4 aliphatic rings. The molecule has 2 aliphatic heterocycles. The summed E-state index contributed by atoms with van der Waals surface area (Å²) in [4.78, 5) is 31.7. The van der Waals surface area contributed by atoms with Crippen molar-refractivity contribution in [3.63, 3.8) is 0 Å². The van der Waals surface area contributed by atoms with E-state index in [-0.39, 0.29) is 29.4 Å². The normalized spacial score (nSPS) is 24.5. The van der Waals surface area contributed by atoms with Crippen molar-refractivity contribution >= 4 is 45.5 Å². The number of Topliss-reactive ketones (excluding diaryl/α,β-unsaturated/α-hetero) is 1. The Morgan fingerprint density at radius 2 is 2.00 bits per heavy atom. The number of likely N-dealkylation sites (N-methyl/N-ethyl adjacent to an activating group) is 1. The standard InChI is InChI=1S/C35H43N11O3S/c1-45-14-4-5-22(45)20-49-29-17-28(40-13-8-25(37)26-19-46(44-43-26)21-9-15-48-16-10-21)41-34(42-29)31(38)23-6-2-11-35(32(23)47)12-3-7-27-30(35)24(18-36)33(39)50-27/h8,13,17,19,21-22H,2-7,9-12,14-16,20,37-39H2,1H3/b25-8-,31-23-,40-13+/t22-,35-/m0/s1. The van der Waals surface area contributed by atoms with Crippen LogP contribution in [0.3, 0.4) is 0 Å². The van der Waals surface area contributed by atoms with Crippen LogP contribution in [0.5, 0.6) is 5.88 Å². The van der Waals surface area contributed by atoms with E-state index in [1.807, 2.05) is 10.9 Å². The number of nitriles is 1. The van der Waals surface area contributed by atoms with Crippen molar-refractivity contribution in [3.8, 4) is 11.9 Å². The molecule has 0 unspecified atom stereocenters. The van der Waals surface area contributed by atoms with Crippen LogP contribution in [-0.4, -0.2) is 81.3 Å². The van der Waals surface area contributed by atoms with E-state index in [4.69, 9.17) is 26.7 Å². The number of nitrogen functional groups attached to an aromatic ring is 1. The molecule has 1 spiro atoms. The highest BCUT2D eigenvalue weighted by atomic mass is 32.1. The molecule has 50 heavy (non-hydrogen) atoms. The van der Waals surface area contributed by atoms with E-state index >= 15 is 0 Å². The molecule has 14 nitrogen and oxygen atoms in total. The van der Waals surface area contributed by atoms with Gasteiger partial charge < -0.3 is 31.6 Å². The Bertz CT molecular complexity index is 1900. The zero-order valence-electron chi connectivity index (χ0n) is 28.3. The maximum Gasteiger partial charge on any atom is 0.219 e. The number of nitrogens with two attached hydrogens (primary N) is 3. The highest BCUT2D eigenvalue weighted by molar-refractivity contribution is 7.16. The smallest absolute Gasteiger partial charge is 0.219 e. The lowest BCUT2D eigenvalue weighted by molar-refractivity contribution is -0.122. The van der Waals surface area contributed by atoms with Crippen LogP contribution in [0.2, 0.25) is 0 Å². The van der Waals surface area contributed by atoms with E-state index < -0.39 is 5.41 Å². The summed E-state index contributed by atoms with van der Waals surface area (Å²) in [5, 5.41) is 19.0. The Morgan fingerprint density at radius 1 is 1.20 bits per heavy atom. The van der Waals surface area contributed by atoms with Gasteiger partial charge in [-0.25, -0.2) is 14.7 Å². The molecule has 2 atom stereocenters. The summed E-state index contributed by atoms with van der Waals surface area (Å²) in [6, 6.07) is 4.43. The first-order chi connectivity index (χ1) is 24.3. The summed E-state index contributed by atoms with van der Waals surface area (Å²) < 4.78 is 13.5. The SMILES string of the molecule is CN1CCC[C@H]1COc1cc(/N=C/C=C(\N)c2cn(C3CCOCC3)nn2)nc(/C(N)=C2\CCC[C@@]3(CCCc4sc(N)c(C#N)c43)C2=O)n1. The van der Waals surface area contributed by atoms with Crippen LogP contribution in [0.25, 0.3) is 11.4 Å². The predicted molar refractivity (Wildman–Crippen MR) is 191 cm³/mol. The van der Waals surface area contributed by atoms with Gasteiger partial charge in [0.2, 0.25) is 5.88 Å². The van der Waals surface area contributed by atoms with E-state index in [9.17, 15) is 10.1 Å². The largest absolute Gasteiger partial charge is 0.476 e. The van der Waals surface area contributed by atoms with Gasteiger partial charge in [0.1, 0.15) is 23.4 Å². The highest BCUT2D eigenvalue weighted by Crippen LogP contribution is 2.52. The fourth-order valence-corrected chi connectivity index (χ4v) is 8.94. The molecule has 0 aromatic carbocycles. The predicted octanol–water partition coefficient (Wildman–Crippen LogP) is 3.81. The van der Waals surface area contributed by atoms with Gasteiger partial charge in [0.25, 0.3) is 0 Å². The van der Waals surface area contributed by atoms with E-state index in [2.05, 4.69) is 43.3 Å². The number of hydrogen-bond acceptors (Lipinski definition) is 14. The van der Waals surface area contributed by atoms with Crippen molar-refractivity contribution in [1.29, 1.82) is 5.26 Å². The molecule has 0 amide bonds. The number of carbonyl (C=O) groups excluding carboxylic acids is 1. The Morgan fingerprint density at radius 3 is 2.76 bits per heavy atom. The number of aromatic nitrogens is 5. The second-order valence-electron chi connectivity index (χ2n) is 13.6. The quantitative estimate of drug-likeness (QED) is 0.227. The van der Waals surface area contributed by atoms with Crippen LogP contribution in [-0.2, 0) is 21.4 Å². The molecule has 0 radical (unpaired) electrons. The van der Waals surface area contributed by atoms with E-state index in [0.717, 1.165) is 61.9 Å². The number of thiophene rings is 1. The Kier molecular flexibility index (Phi) is 9.67. The molecule has 3 aromatic heterocycles. The van der Waals surface area contributed by atoms with Crippen LogP contribution >= 0.6 is 11.3 Å². The van der Waals surface area contributed by atoms with Crippen LogP contribution < -0.4 is 21.9 Å². The Labute approximate surface area is 295 Å². The topological polar surface area (TPSA) is 209 Å². The lowest BCUT2D eigenvalue weighted by Gasteiger charge is -2.40. The molecule has 2 aliphatic carbocycles. The van der Waals surface area contributed by atoms with Crippen molar-refractivity contribution in [3.05, 3.63) is 51.4 Å². The first kappa shape index (κ1) is 33.8. The average molecular weight is 698 g/mol. The molecule has 1 saturated carbocycles. The summed E-state index contributed by atoms with van der Waals surface area (Å²) >= 11 is 1.42. The Balaban J connectivity index is 1.19. The molecular formula is C35H43N11O3S. The van der Waals surface area contributed by atoms with Crippen molar-refractivity contribution < 1.29 is 14.3 Å². The van der Waals surface area contributed by atoms with E-state index in [1.54, 1.807) is 18.4 Å². The number of fused-ring (bicyclic) bond motifs is 2. The van der Waals surface area contributed by atoms with Gasteiger partial charge in [-0.05, 0) is 89.4 Å². The highest BCUT2D eigenvalue weighted by Gasteiger charge is 2.49. The average Bonchev–Trinajstić information content (AvgIpc) is 3.87. The number of ether oxygens (including phenoxy) is 2.